The fourth-order valence-electron chi connectivity index (χ4n) is 2.98. The van der Waals surface area contributed by atoms with E-state index in [9.17, 15) is 4.79 Å². The molecule has 1 fully saturated rings. The first kappa shape index (κ1) is 18.3. The molecule has 26 heavy (non-hydrogen) atoms. The largest absolute Gasteiger partial charge is 0.495 e. The maximum Gasteiger partial charge on any atom is 0.323 e. The molecule has 2 amide bonds. The van der Waals surface area contributed by atoms with Crippen molar-refractivity contribution in [2.75, 3.05) is 38.9 Å². The van der Waals surface area contributed by atoms with Crippen LogP contribution in [0.2, 0.25) is 0 Å². The molecule has 6 nitrogen and oxygen atoms in total. The standard InChI is InChI=1S/C19H22N2O4S/c1-23-15-9-5-4-8-14(15)20-19(22)21-11-12-26-18(21)13-7-6-10-16(24-2)17(13)25-3/h4-10,18H,11-12H2,1-3H3,(H,20,22)/t18-/m0/s1. The van der Waals surface area contributed by atoms with E-state index in [1.807, 2.05) is 42.5 Å². The summed E-state index contributed by atoms with van der Waals surface area (Å²) in [6.07, 6.45) is 0. The van der Waals surface area contributed by atoms with Crippen LogP contribution >= 0.6 is 11.8 Å². The van der Waals surface area contributed by atoms with Gasteiger partial charge in [0.25, 0.3) is 0 Å². The SMILES string of the molecule is COc1ccccc1NC(=O)N1CCS[C@H]1c1cccc(OC)c1OC. The van der Waals surface area contributed by atoms with Crippen molar-refractivity contribution in [2.24, 2.45) is 0 Å². The Morgan fingerprint density at radius 3 is 2.50 bits per heavy atom. The van der Waals surface area contributed by atoms with Gasteiger partial charge in [0.1, 0.15) is 11.1 Å². The van der Waals surface area contributed by atoms with Crippen LogP contribution in [0.15, 0.2) is 42.5 Å². The Labute approximate surface area is 157 Å². The molecule has 7 heteroatoms. The molecular formula is C19H22N2O4S. The smallest absolute Gasteiger partial charge is 0.323 e. The van der Waals surface area contributed by atoms with E-state index in [2.05, 4.69) is 5.32 Å². The molecule has 2 aromatic rings. The molecule has 1 atom stereocenters. The van der Waals surface area contributed by atoms with Crippen LogP contribution in [0.4, 0.5) is 10.5 Å². The summed E-state index contributed by atoms with van der Waals surface area (Å²) in [6, 6.07) is 12.9. The third kappa shape index (κ3) is 3.53. The Morgan fingerprint density at radius 2 is 1.77 bits per heavy atom. The monoisotopic (exact) mass is 374 g/mol. The normalized spacial score (nSPS) is 16.3. The van der Waals surface area contributed by atoms with Crippen molar-refractivity contribution in [2.45, 2.75) is 5.37 Å². The number of nitrogens with one attached hydrogen (secondary N) is 1. The number of thioether (sulfide) groups is 1. The van der Waals surface area contributed by atoms with E-state index in [1.54, 1.807) is 38.0 Å². The number of hydrogen-bond donors (Lipinski definition) is 1. The molecule has 0 aliphatic carbocycles. The fraction of sp³-hybridized carbons (Fsp3) is 0.316. The first-order valence-corrected chi connectivity index (χ1v) is 9.27. The molecule has 0 spiro atoms. The molecule has 0 aromatic heterocycles. The van der Waals surface area contributed by atoms with Crippen LogP contribution in [0.5, 0.6) is 17.2 Å². The highest BCUT2D eigenvalue weighted by Gasteiger charge is 2.33. The van der Waals surface area contributed by atoms with Crippen LogP contribution in [0.25, 0.3) is 0 Å². The number of hydrogen-bond acceptors (Lipinski definition) is 5. The number of methoxy groups -OCH3 is 3. The van der Waals surface area contributed by atoms with Crippen LogP contribution in [-0.2, 0) is 0 Å². The zero-order chi connectivity index (χ0) is 18.5. The van der Waals surface area contributed by atoms with Gasteiger partial charge in [0.2, 0.25) is 0 Å². The first-order chi connectivity index (χ1) is 12.7. The Bertz CT molecular complexity index is 784. The van der Waals surface area contributed by atoms with Crippen LogP contribution in [-0.4, -0.2) is 44.6 Å². The number of nitrogens with zero attached hydrogens (tertiary/aromatic N) is 1. The van der Waals surface area contributed by atoms with Gasteiger partial charge in [-0.3, -0.25) is 0 Å². The van der Waals surface area contributed by atoms with E-state index < -0.39 is 0 Å². The second kappa shape index (κ2) is 8.23. The fourth-order valence-corrected chi connectivity index (χ4v) is 4.25. The van der Waals surface area contributed by atoms with E-state index >= 15 is 0 Å². The van der Waals surface area contributed by atoms with E-state index in [1.165, 1.54) is 0 Å². The number of amides is 2. The molecule has 1 saturated heterocycles. The molecule has 3 rings (SSSR count). The lowest BCUT2D eigenvalue weighted by Gasteiger charge is -2.26. The number of urea groups is 1. The topological polar surface area (TPSA) is 60.0 Å². The van der Waals surface area contributed by atoms with Gasteiger partial charge in [-0.1, -0.05) is 24.3 Å². The highest BCUT2D eigenvalue weighted by atomic mass is 32.2. The molecule has 1 aliphatic heterocycles. The van der Waals surface area contributed by atoms with Crippen LogP contribution < -0.4 is 19.5 Å². The molecular weight excluding hydrogens is 352 g/mol. The van der Waals surface area contributed by atoms with Crippen molar-refractivity contribution < 1.29 is 19.0 Å². The molecule has 0 bridgehead atoms. The number of anilines is 1. The van der Waals surface area contributed by atoms with Crippen LogP contribution in [0, 0.1) is 0 Å². The van der Waals surface area contributed by atoms with Crippen molar-refractivity contribution in [3.05, 3.63) is 48.0 Å². The number of para-hydroxylation sites is 3. The van der Waals surface area contributed by atoms with Gasteiger partial charge in [0, 0.05) is 17.9 Å². The van der Waals surface area contributed by atoms with Gasteiger partial charge in [0.15, 0.2) is 11.5 Å². The second-order valence-electron chi connectivity index (χ2n) is 5.63. The highest BCUT2D eigenvalue weighted by molar-refractivity contribution is 7.99. The van der Waals surface area contributed by atoms with E-state index in [-0.39, 0.29) is 11.4 Å². The summed E-state index contributed by atoms with van der Waals surface area (Å²) in [4.78, 5) is 14.7. The average molecular weight is 374 g/mol. The molecule has 1 N–H and O–H groups in total. The first-order valence-electron chi connectivity index (χ1n) is 8.22. The Hall–Kier alpha value is -2.54. The van der Waals surface area contributed by atoms with Crippen molar-refractivity contribution >= 4 is 23.5 Å². The van der Waals surface area contributed by atoms with Gasteiger partial charge < -0.3 is 24.4 Å². The van der Waals surface area contributed by atoms with E-state index in [4.69, 9.17) is 14.2 Å². The molecule has 0 saturated carbocycles. The Balaban J connectivity index is 1.86. The minimum absolute atomic E-state index is 0.144. The van der Waals surface area contributed by atoms with Crippen molar-refractivity contribution in [3.63, 3.8) is 0 Å². The quantitative estimate of drug-likeness (QED) is 0.857. The summed E-state index contributed by atoms with van der Waals surface area (Å²) in [5.74, 6) is 2.79. The van der Waals surface area contributed by atoms with Gasteiger partial charge in [-0.05, 0) is 18.2 Å². The zero-order valence-electron chi connectivity index (χ0n) is 15.0. The summed E-state index contributed by atoms with van der Waals surface area (Å²) in [5, 5.41) is 2.80. The Morgan fingerprint density at radius 1 is 1.04 bits per heavy atom. The van der Waals surface area contributed by atoms with Crippen molar-refractivity contribution in [3.8, 4) is 17.2 Å². The maximum atomic E-state index is 12.9. The molecule has 2 aromatic carbocycles. The highest BCUT2D eigenvalue weighted by Crippen LogP contribution is 2.45. The van der Waals surface area contributed by atoms with Crippen LogP contribution in [0.1, 0.15) is 10.9 Å². The molecule has 1 aliphatic rings. The lowest BCUT2D eigenvalue weighted by atomic mass is 10.1. The van der Waals surface area contributed by atoms with Gasteiger partial charge >= 0.3 is 6.03 Å². The summed E-state index contributed by atoms with van der Waals surface area (Å²) >= 11 is 1.70. The molecule has 0 unspecified atom stereocenters. The summed E-state index contributed by atoms with van der Waals surface area (Å²) in [5.41, 5.74) is 1.57. The number of rotatable bonds is 5. The molecule has 138 valence electrons. The summed E-state index contributed by atoms with van der Waals surface area (Å²) in [6.45, 7) is 0.649. The van der Waals surface area contributed by atoms with Crippen molar-refractivity contribution in [1.82, 2.24) is 4.90 Å². The van der Waals surface area contributed by atoms with E-state index in [0.29, 0.717) is 29.5 Å². The maximum absolute atomic E-state index is 12.9. The third-order valence-corrected chi connectivity index (χ3v) is 5.44. The summed E-state index contributed by atoms with van der Waals surface area (Å²) < 4.78 is 16.2. The van der Waals surface area contributed by atoms with Crippen molar-refractivity contribution in [1.29, 1.82) is 0 Å². The van der Waals surface area contributed by atoms with Crippen LogP contribution in [0.3, 0.4) is 0 Å². The second-order valence-corrected chi connectivity index (χ2v) is 6.82. The predicted molar refractivity (Wildman–Crippen MR) is 103 cm³/mol. The number of carbonyl (C=O) groups is 1. The lowest BCUT2D eigenvalue weighted by Crippen LogP contribution is -2.34. The van der Waals surface area contributed by atoms with E-state index in [0.717, 1.165) is 11.3 Å². The summed E-state index contributed by atoms with van der Waals surface area (Å²) in [7, 11) is 4.80. The lowest BCUT2D eigenvalue weighted by molar-refractivity contribution is 0.213. The molecule has 0 radical (unpaired) electrons. The average Bonchev–Trinajstić information content (AvgIpc) is 3.17. The van der Waals surface area contributed by atoms with Gasteiger partial charge in [-0.25, -0.2) is 4.79 Å². The zero-order valence-corrected chi connectivity index (χ0v) is 15.8. The minimum atomic E-state index is -0.172. The third-order valence-electron chi connectivity index (χ3n) is 4.20. The van der Waals surface area contributed by atoms with Gasteiger partial charge in [-0.2, -0.15) is 0 Å². The minimum Gasteiger partial charge on any atom is -0.495 e. The molecule has 1 heterocycles. The number of benzene rings is 2. The number of carbonyl (C=O) groups excluding carboxylic acids is 1. The number of ether oxygens (including phenoxy) is 3. The van der Waals surface area contributed by atoms with Gasteiger partial charge in [-0.15, -0.1) is 11.8 Å². The van der Waals surface area contributed by atoms with Gasteiger partial charge in [0.05, 0.1) is 27.0 Å². The predicted octanol–water partition coefficient (Wildman–Crippen LogP) is 3.99. The Kier molecular flexibility index (Phi) is 5.78.